The molecule has 8 nitrogen and oxygen atoms in total. The molecule has 0 bridgehead atoms. The molecule has 0 atom stereocenters. The first-order valence-corrected chi connectivity index (χ1v) is 24.0. The van der Waals surface area contributed by atoms with Gasteiger partial charge in [0.25, 0.3) is 0 Å². The minimum atomic E-state index is 0.0694. The Bertz CT molecular complexity index is 2230. The summed E-state index contributed by atoms with van der Waals surface area (Å²) in [6.07, 6.45) is 7.85. The molecule has 4 heterocycles. The van der Waals surface area contributed by atoms with Crippen LogP contribution in [0.5, 0.6) is 23.0 Å². The van der Waals surface area contributed by atoms with Crippen molar-refractivity contribution in [2.75, 3.05) is 66.7 Å². The fourth-order valence-electron chi connectivity index (χ4n) is 8.37. The number of fused-ring (bicyclic) bond motifs is 2. The number of carbonyl (C=O) groups is 2. The third kappa shape index (κ3) is 11.1. The van der Waals surface area contributed by atoms with E-state index in [9.17, 15) is 9.59 Å². The summed E-state index contributed by atoms with van der Waals surface area (Å²) in [5.41, 5.74) is 3.02. The van der Waals surface area contributed by atoms with Gasteiger partial charge in [-0.3, -0.25) is 19.4 Å². The van der Waals surface area contributed by atoms with Crippen LogP contribution in [0.1, 0.15) is 120 Å². The normalized spacial score (nSPS) is 14.8. The lowest BCUT2D eigenvalue weighted by molar-refractivity contribution is 0.103. The largest absolute Gasteiger partial charge is 0.497 e. The van der Waals surface area contributed by atoms with E-state index in [1.807, 2.05) is 84.9 Å². The Kier molecular flexibility index (Phi) is 15.8. The zero-order valence-corrected chi connectivity index (χ0v) is 38.9. The van der Waals surface area contributed by atoms with Crippen molar-refractivity contribution in [3.05, 3.63) is 117 Å². The summed E-state index contributed by atoms with van der Waals surface area (Å²) in [7, 11) is 3.33. The average molecular weight is 875 g/mol. The Morgan fingerprint density at radius 2 is 0.871 bits per heavy atom. The molecule has 8 rings (SSSR count). The second-order valence-corrected chi connectivity index (χ2v) is 19.1. The molecule has 2 saturated heterocycles. The summed E-state index contributed by atoms with van der Waals surface area (Å²) < 4.78 is 24.8. The number of ether oxygens (including phenoxy) is 4. The SMILES string of the molecule is COc1ccc2c(C(=O)c3ccc(OCCN4CCCCC4)cc3)c(C(C)C)sc2c1.COc1ccc2c(C(=O)c3ccc(OCCN4CCCCC4)cc3)c(C(C)C)sc2c1. The Morgan fingerprint density at radius 1 is 0.516 bits per heavy atom. The van der Waals surface area contributed by atoms with Crippen LogP contribution in [0, 0.1) is 0 Å². The lowest BCUT2D eigenvalue weighted by Gasteiger charge is -2.26. The van der Waals surface area contributed by atoms with Crippen LogP contribution in [0.2, 0.25) is 0 Å². The van der Waals surface area contributed by atoms with Gasteiger partial charge in [0.2, 0.25) is 0 Å². The topological polar surface area (TPSA) is 77.5 Å². The highest BCUT2D eigenvalue weighted by Gasteiger charge is 2.24. The average Bonchev–Trinajstić information content (AvgIpc) is 3.89. The van der Waals surface area contributed by atoms with Crippen molar-refractivity contribution in [3.63, 3.8) is 0 Å². The third-order valence-corrected chi connectivity index (χ3v) is 14.7. The van der Waals surface area contributed by atoms with E-state index in [-0.39, 0.29) is 23.4 Å². The highest BCUT2D eigenvalue weighted by atomic mass is 32.1. The number of methoxy groups -OCH3 is 2. The van der Waals surface area contributed by atoms with Gasteiger partial charge in [-0.05, 0) is 149 Å². The van der Waals surface area contributed by atoms with Crippen LogP contribution < -0.4 is 18.9 Å². The summed E-state index contributed by atoms with van der Waals surface area (Å²) in [6.45, 7) is 16.5. The van der Waals surface area contributed by atoms with Crippen LogP contribution in [-0.2, 0) is 0 Å². The molecule has 6 aromatic rings. The molecule has 62 heavy (non-hydrogen) atoms. The number of piperidine rings is 2. The molecule has 2 aliphatic heterocycles. The summed E-state index contributed by atoms with van der Waals surface area (Å²) in [5, 5.41) is 2.00. The van der Waals surface area contributed by atoms with Gasteiger partial charge < -0.3 is 18.9 Å². The molecule has 2 fully saturated rings. The van der Waals surface area contributed by atoms with Gasteiger partial charge in [-0.2, -0.15) is 0 Å². The van der Waals surface area contributed by atoms with Crippen LogP contribution in [0.4, 0.5) is 0 Å². The number of carbonyl (C=O) groups excluding carboxylic acids is 2. The second kappa shape index (κ2) is 21.6. The van der Waals surface area contributed by atoms with E-state index in [1.54, 1.807) is 36.9 Å². The van der Waals surface area contributed by atoms with E-state index in [2.05, 4.69) is 37.5 Å². The Morgan fingerprint density at radius 3 is 1.21 bits per heavy atom. The fraction of sp³-hybridized carbons (Fsp3) is 0.423. The highest BCUT2D eigenvalue weighted by Crippen LogP contribution is 2.40. The number of hydrogen-bond donors (Lipinski definition) is 0. The summed E-state index contributed by atoms with van der Waals surface area (Å²) in [5.74, 6) is 3.96. The standard InChI is InChI=1S/2C26H31NO3S/c2*1-18(2)26-24(22-12-11-21(29-3)17-23(22)31-26)25(28)19-7-9-20(10-8-19)30-16-15-27-13-5-4-6-14-27/h2*7-12,17-18H,4-6,13-16H2,1-3H3. The van der Waals surface area contributed by atoms with Crippen LogP contribution in [-0.4, -0.2) is 88.1 Å². The first-order chi connectivity index (χ1) is 30.1. The van der Waals surface area contributed by atoms with Crippen molar-refractivity contribution < 1.29 is 28.5 Å². The van der Waals surface area contributed by atoms with E-state index >= 15 is 0 Å². The molecule has 0 unspecified atom stereocenters. The monoisotopic (exact) mass is 874 g/mol. The van der Waals surface area contributed by atoms with Gasteiger partial charge in [0, 0.05) is 65.3 Å². The first-order valence-electron chi connectivity index (χ1n) is 22.3. The number of nitrogens with zero attached hydrogens (tertiary/aromatic N) is 2. The van der Waals surface area contributed by atoms with Crippen molar-refractivity contribution in [3.8, 4) is 23.0 Å². The number of ketones is 2. The van der Waals surface area contributed by atoms with Gasteiger partial charge >= 0.3 is 0 Å². The number of likely N-dealkylation sites (tertiary alicyclic amines) is 2. The summed E-state index contributed by atoms with van der Waals surface area (Å²) in [6, 6.07) is 27.1. The van der Waals surface area contributed by atoms with Gasteiger partial charge in [0.15, 0.2) is 11.6 Å². The lowest BCUT2D eigenvalue weighted by atomic mass is 9.96. The van der Waals surface area contributed by atoms with Crippen LogP contribution in [0.3, 0.4) is 0 Å². The van der Waals surface area contributed by atoms with Crippen LogP contribution in [0.15, 0.2) is 84.9 Å². The van der Waals surface area contributed by atoms with Crippen molar-refractivity contribution in [1.29, 1.82) is 0 Å². The number of benzene rings is 4. The van der Waals surface area contributed by atoms with Crippen molar-refractivity contribution in [2.45, 2.75) is 78.1 Å². The van der Waals surface area contributed by atoms with Crippen molar-refractivity contribution in [1.82, 2.24) is 9.80 Å². The minimum absolute atomic E-state index is 0.0694. The minimum Gasteiger partial charge on any atom is -0.497 e. The van der Waals surface area contributed by atoms with Gasteiger partial charge in [-0.15, -0.1) is 22.7 Å². The molecule has 0 saturated carbocycles. The van der Waals surface area contributed by atoms with E-state index in [0.717, 1.165) is 77.1 Å². The number of rotatable bonds is 16. The molecule has 0 amide bonds. The quantitative estimate of drug-likeness (QED) is 0.0890. The number of hydrogen-bond acceptors (Lipinski definition) is 10. The third-order valence-electron chi connectivity index (χ3n) is 11.8. The molecule has 10 heteroatoms. The number of thiophene rings is 2. The smallest absolute Gasteiger partial charge is 0.194 e. The van der Waals surface area contributed by atoms with Gasteiger partial charge in [0.1, 0.15) is 36.2 Å². The predicted molar refractivity (Wildman–Crippen MR) is 256 cm³/mol. The molecular formula is C52H62N2O6S2. The molecule has 4 aromatic carbocycles. The lowest BCUT2D eigenvalue weighted by Crippen LogP contribution is -2.33. The van der Waals surface area contributed by atoms with Crippen molar-refractivity contribution >= 4 is 54.4 Å². The zero-order valence-electron chi connectivity index (χ0n) is 37.3. The van der Waals surface area contributed by atoms with Gasteiger partial charge in [0.05, 0.1) is 14.2 Å². The van der Waals surface area contributed by atoms with Gasteiger partial charge in [-0.1, -0.05) is 40.5 Å². The molecule has 2 aliphatic rings. The Hall–Kier alpha value is -4.74. The molecule has 0 spiro atoms. The highest BCUT2D eigenvalue weighted by molar-refractivity contribution is 7.20. The van der Waals surface area contributed by atoms with E-state index < -0.39 is 0 Å². The second-order valence-electron chi connectivity index (χ2n) is 16.9. The molecule has 2 aromatic heterocycles. The maximum Gasteiger partial charge on any atom is 0.194 e. The Labute approximate surface area is 375 Å². The Balaban J connectivity index is 0.000000186. The summed E-state index contributed by atoms with van der Waals surface area (Å²) in [4.78, 5) is 34.1. The molecule has 0 radical (unpaired) electrons. The van der Waals surface area contributed by atoms with Crippen molar-refractivity contribution in [2.24, 2.45) is 0 Å². The predicted octanol–water partition coefficient (Wildman–Crippen LogP) is 12.3. The first kappa shape index (κ1) is 45.3. The molecule has 328 valence electrons. The fourth-order valence-corrected chi connectivity index (χ4v) is 10.8. The molecular weight excluding hydrogens is 813 g/mol. The zero-order chi connectivity index (χ0) is 43.6. The summed E-state index contributed by atoms with van der Waals surface area (Å²) >= 11 is 3.36. The van der Waals surface area contributed by atoms with E-state index in [4.69, 9.17) is 18.9 Å². The van der Waals surface area contributed by atoms with Crippen LogP contribution >= 0.6 is 22.7 Å². The van der Waals surface area contributed by atoms with E-state index in [0.29, 0.717) is 24.3 Å². The maximum absolute atomic E-state index is 13.5. The van der Waals surface area contributed by atoms with E-state index in [1.165, 1.54) is 64.7 Å². The molecule has 0 aliphatic carbocycles. The van der Waals surface area contributed by atoms with Gasteiger partial charge in [-0.25, -0.2) is 0 Å². The molecule has 0 N–H and O–H groups in total. The maximum atomic E-state index is 13.5. The van der Waals surface area contributed by atoms with Crippen LogP contribution in [0.25, 0.3) is 20.2 Å².